The minimum atomic E-state index is -0.657. The number of carbonyl (C=O) groups excluding carboxylic acids is 3. The summed E-state index contributed by atoms with van der Waals surface area (Å²) in [5.74, 6) is -1.24. The normalized spacial score (nSPS) is 19.3. The molecule has 1 N–H and O–H groups in total. The van der Waals surface area contributed by atoms with Gasteiger partial charge < -0.3 is 4.90 Å². The van der Waals surface area contributed by atoms with Crippen molar-refractivity contribution in [1.29, 1.82) is 0 Å². The lowest BCUT2D eigenvalue weighted by Gasteiger charge is -2.31. The second kappa shape index (κ2) is 5.58. The van der Waals surface area contributed by atoms with E-state index in [1.54, 1.807) is 19.1 Å². The maximum absolute atomic E-state index is 12.4. The molecule has 1 fully saturated rings. The van der Waals surface area contributed by atoms with Crippen molar-refractivity contribution < 1.29 is 14.4 Å². The Balaban J connectivity index is 2.35. The fourth-order valence-corrected chi connectivity index (χ4v) is 2.69. The Kier molecular flexibility index (Phi) is 4.24. The van der Waals surface area contributed by atoms with Crippen LogP contribution in [0.1, 0.15) is 17.3 Å². The van der Waals surface area contributed by atoms with Crippen LogP contribution in [-0.4, -0.2) is 35.2 Å². The van der Waals surface area contributed by atoms with Crippen molar-refractivity contribution in [2.75, 3.05) is 6.54 Å². The van der Waals surface area contributed by atoms with Gasteiger partial charge in [-0.3, -0.25) is 19.7 Å². The van der Waals surface area contributed by atoms with Crippen molar-refractivity contribution >= 4 is 56.2 Å². The first-order valence-corrected chi connectivity index (χ1v) is 7.37. The van der Waals surface area contributed by atoms with E-state index in [0.717, 1.165) is 3.57 Å². The number of piperazine rings is 1. The first-order valence-electron chi connectivity index (χ1n) is 5.50. The fourth-order valence-electron chi connectivity index (χ4n) is 1.78. The second-order valence-electron chi connectivity index (χ2n) is 4.15. The monoisotopic (exact) mass is 436 g/mol. The maximum Gasteiger partial charge on any atom is 0.256 e. The molecule has 0 aromatic heterocycles. The van der Waals surface area contributed by atoms with Crippen LogP contribution < -0.4 is 5.32 Å². The molecule has 1 heterocycles. The highest BCUT2D eigenvalue weighted by atomic mass is 127. The van der Waals surface area contributed by atoms with Gasteiger partial charge in [0.15, 0.2) is 0 Å². The van der Waals surface area contributed by atoms with Crippen LogP contribution in [0.4, 0.5) is 0 Å². The number of nitrogens with zero attached hydrogens (tertiary/aromatic N) is 1. The van der Waals surface area contributed by atoms with Gasteiger partial charge in [0.2, 0.25) is 11.8 Å². The number of amides is 3. The second-order valence-corrected chi connectivity index (χ2v) is 6.25. The van der Waals surface area contributed by atoms with E-state index < -0.39 is 17.9 Å². The van der Waals surface area contributed by atoms with Crippen LogP contribution in [0.5, 0.6) is 0 Å². The Morgan fingerprint density at radius 2 is 2.16 bits per heavy atom. The summed E-state index contributed by atoms with van der Waals surface area (Å²) in [4.78, 5) is 36.7. The van der Waals surface area contributed by atoms with Crippen molar-refractivity contribution in [3.8, 4) is 0 Å². The summed E-state index contributed by atoms with van der Waals surface area (Å²) in [5.41, 5.74) is 0.446. The third kappa shape index (κ3) is 2.97. The zero-order valence-corrected chi connectivity index (χ0v) is 13.7. The molecule has 1 aromatic rings. The highest BCUT2D eigenvalue weighted by molar-refractivity contribution is 14.1. The van der Waals surface area contributed by atoms with Gasteiger partial charge in [-0.1, -0.05) is 0 Å². The molecular weight excluding hydrogens is 427 g/mol. The van der Waals surface area contributed by atoms with Gasteiger partial charge in [0.05, 0.1) is 5.56 Å². The van der Waals surface area contributed by atoms with Gasteiger partial charge in [0.25, 0.3) is 5.91 Å². The lowest BCUT2D eigenvalue weighted by molar-refractivity contribution is -0.138. The van der Waals surface area contributed by atoms with E-state index in [2.05, 4.69) is 43.8 Å². The Morgan fingerprint density at radius 1 is 1.47 bits per heavy atom. The average molecular weight is 437 g/mol. The zero-order chi connectivity index (χ0) is 14.2. The molecule has 1 saturated heterocycles. The molecule has 1 aliphatic rings. The van der Waals surface area contributed by atoms with Gasteiger partial charge in [0.1, 0.15) is 12.6 Å². The van der Waals surface area contributed by atoms with Crippen LogP contribution in [0, 0.1) is 3.57 Å². The van der Waals surface area contributed by atoms with Gasteiger partial charge in [-0.2, -0.15) is 0 Å². The Morgan fingerprint density at radius 3 is 2.84 bits per heavy atom. The van der Waals surface area contributed by atoms with Crippen molar-refractivity contribution in [1.82, 2.24) is 10.2 Å². The molecule has 7 heteroatoms. The van der Waals surface area contributed by atoms with Crippen molar-refractivity contribution in [3.63, 3.8) is 0 Å². The first kappa shape index (κ1) is 14.4. The molecule has 1 aliphatic heterocycles. The van der Waals surface area contributed by atoms with E-state index >= 15 is 0 Å². The van der Waals surface area contributed by atoms with Crippen molar-refractivity contribution in [2.24, 2.45) is 0 Å². The average Bonchev–Trinajstić information content (AvgIpc) is 2.36. The van der Waals surface area contributed by atoms with E-state index in [4.69, 9.17) is 0 Å². The molecule has 0 bridgehead atoms. The lowest BCUT2D eigenvalue weighted by atomic mass is 10.1. The zero-order valence-electron chi connectivity index (χ0n) is 9.94. The largest absolute Gasteiger partial charge is 0.318 e. The number of hydrogen-bond donors (Lipinski definition) is 1. The highest BCUT2D eigenvalue weighted by Crippen LogP contribution is 2.22. The number of nitrogens with one attached hydrogen (secondary N) is 1. The number of hydrogen-bond acceptors (Lipinski definition) is 3. The maximum atomic E-state index is 12.4. The van der Waals surface area contributed by atoms with Crippen LogP contribution in [0.3, 0.4) is 0 Å². The predicted molar refractivity (Wildman–Crippen MR) is 80.5 cm³/mol. The van der Waals surface area contributed by atoms with E-state index in [-0.39, 0.29) is 12.5 Å². The number of halogens is 2. The molecule has 0 spiro atoms. The minimum absolute atomic E-state index is 0.107. The first-order chi connectivity index (χ1) is 8.90. The van der Waals surface area contributed by atoms with Crippen LogP contribution in [0.15, 0.2) is 22.7 Å². The van der Waals surface area contributed by atoms with Crippen LogP contribution in [-0.2, 0) is 9.59 Å². The van der Waals surface area contributed by atoms with Crippen molar-refractivity contribution in [2.45, 2.75) is 13.0 Å². The molecule has 2 rings (SSSR count). The quantitative estimate of drug-likeness (QED) is 0.536. The third-order valence-electron chi connectivity index (χ3n) is 2.84. The summed E-state index contributed by atoms with van der Waals surface area (Å²) in [6.07, 6.45) is 0. The third-order valence-corrected chi connectivity index (χ3v) is 4.21. The molecule has 1 atom stereocenters. The highest BCUT2D eigenvalue weighted by Gasteiger charge is 2.34. The number of carbonyl (C=O) groups is 3. The van der Waals surface area contributed by atoms with Gasteiger partial charge in [-0.15, -0.1) is 0 Å². The van der Waals surface area contributed by atoms with Gasteiger partial charge in [-0.05, 0) is 63.6 Å². The summed E-state index contributed by atoms with van der Waals surface area (Å²) in [6, 6.07) is 4.69. The Bertz CT molecular complexity index is 576. The van der Waals surface area contributed by atoms with E-state index in [0.29, 0.717) is 10.0 Å². The molecule has 0 aliphatic carbocycles. The van der Waals surface area contributed by atoms with Crippen LogP contribution in [0.25, 0.3) is 0 Å². The van der Waals surface area contributed by atoms with Gasteiger partial charge >= 0.3 is 0 Å². The smallest absolute Gasteiger partial charge is 0.256 e. The molecular formula is C12H10BrIN2O3. The fraction of sp³-hybridized carbons (Fsp3) is 0.250. The summed E-state index contributed by atoms with van der Waals surface area (Å²) in [6.45, 7) is 1.49. The molecule has 1 aromatic carbocycles. The number of benzene rings is 1. The molecule has 5 nitrogen and oxygen atoms in total. The van der Waals surface area contributed by atoms with Crippen LogP contribution >= 0.6 is 38.5 Å². The molecule has 0 radical (unpaired) electrons. The summed E-state index contributed by atoms with van der Waals surface area (Å²) in [7, 11) is 0. The lowest BCUT2D eigenvalue weighted by Crippen LogP contribution is -2.58. The van der Waals surface area contributed by atoms with Crippen LogP contribution in [0.2, 0.25) is 0 Å². The summed E-state index contributed by atoms with van der Waals surface area (Å²) in [5, 5.41) is 2.21. The standard InChI is InChI=1S/C12H10BrIN2O3/c1-6-11(18)15-10(17)5-16(6)12(19)8-4-7(14)2-3-9(8)13/h2-4,6H,5H2,1H3,(H,15,17,18). The molecule has 100 valence electrons. The van der Waals surface area contributed by atoms with E-state index in [1.807, 2.05) is 6.07 Å². The Labute approximate surface area is 132 Å². The topological polar surface area (TPSA) is 66.5 Å². The predicted octanol–water partition coefficient (Wildman–Crippen LogP) is 1.54. The molecule has 0 saturated carbocycles. The number of rotatable bonds is 1. The van der Waals surface area contributed by atoms with E-state index in [1.165, 1.54) is 4.90 Å². The summed E-state index contributed by atoms with van der Waals surface area (Å²) >= 11 is 5.41. The van der Waals surface area contributed by atoms with Gasteiger partial charge in [0, 0.05) is 8.04 Å². The van der Waals surface area contributed by atoms with Crippen molar-refractivity contribution in [3.05, 3.63) is 31.8 Å². The Hall–Kier alpha value is -0.960. The summed E-state index contributed by atoms with van der Waals surface area (Å²) < 4.78 is 1.55. The number of imide groups is 1. The SMILES string of the molecule is CC1C(=O)NC(=O)CN1C(=O)c1cc(I)ccc1Br. The molecule has 3 amide bonds. The molecule has 1 unspecified atom stereocenters. The van der Waals surface area contributed by atoms with Gasteiger partial charge in [-0.25, -0.2) is 0 Å². The van der Waals surface area contributed by atoms with E-state index in [9.17, 15) is 14.4 Å². The minimum Gasteiger partial charge on any atom is -0.318 e. The molecule has 19 heavy (non-hydrogen) atoms.